The molecule has 2 N–H and O–H groups in total. The first-order valence-corrected chi connectivity index (χ1v) is 7.30. The Kier molecular flexibility index (Phi) is 4.75. The van der Waals surface area contributed by atoms with E-state index in [0.29, 0.717) is 23.5 Å². The molecular weight excluding hydrogens is 278 g/mol. The van der Waals surface area contributed by atoms with Crippen LogP contribution in [0.5, 0.6) is 0 Å². The van der Waals surface area contributed by atoms with Crippen LogP contribution in [0.25, 0.3) is 0 Å². The highest BCUT2D eigenvalue weighted by Crippen LogP contribution is 2.14. The third-order valence-corrected chi connectivity index (χ3v) is 3.73. The summed E-state index contributed by atoms with van der Waals surface area (Å²) in [6.07, 6.45) is 0.632. The second-order valence-electron chi connectivity index (χ2n) is 5.56. The van der Waals surface area contributed by atoms with Crippen molar-refractivity contribution in [3.8, 4) is 0 Å². The molecule has 0 radical (unpaired) electrons. The lowest BCUT2D eigenvalue weighted by molar-refractivity contribution is -0.116. The van der Waals surface area contributed by atoms with Crippen molar-refractivity contribution in [2.45, 2.75) is 40.5 Å². The number of rotatable bonds is 4. The molecular formula is C17H21N3O2. The first-order valence-electron chi connectivity index (χ1n) is 7.30. The lowest BCUT2D eigenvalue weighted by Crippen LogP contribution is -2.20. The monoisotopic (exact) mass is 299 g/mol. The fourth-order valence-electron chi connectivity index (χ4n) is 2.33. The van der Waals surface area contributed by atoms with E-state index in [1.165, 1.54) is 5.56 Å². The van der Waals surface area contributed by atoms with Gasteiger partial charge in [-0.3, -0.25) is 9.59 Å². The standard InChI is InChI=1S/C17H21N3O2/c1-10-5-6-14(9-11(10)2)20-16(21)8-7-15-12(3)18-13(4)19-17(15)22/h5-6,9H,7-8H2,1-4H3,(H,20,21)(H,18,19,22). The van der Waals surface area contributed by atoms with E-state index >= 15 is 0 Å². The highest BCUT2D eigenvalue weighted by Gasteiger charge is 2.10. The van der Waals surface area contributed by atoms with E-state index < -0.39 is 0 Å². The van der Waals surface area contributed by atoms with E-state index in [9.17, 15) is 9.59 Å². The Morgan fingerprint density at radius 2 is 1.91 bits per heavy atom. The second kappa shape index (κ2) is 6.56. The number of nitrogens with one attached hydrogen (secondary N) is 2. The summed E-state index contributed by atoms with van der Waals surface area (Å²) in [6, 6.07) is 5.80. The Balaban J connectivity index is 2.01. The van der Waals surface area contributed by atoms with Crippen molar-refractivity contribution in [2.75, 3.05) is 5.32 Å². The van der Waals surface area contributed by atoms with Crippen LogP contribution in [-0.2, 0) is 11.2 Å². The topological polar surface area (TPSA) is 74.8 Å². The molecule has 0 aliphatic carbocycles. The van der Waals surface area contributed by atoms with Crippen LogP contribution in [0.2, 0.25) is 0 Å². The number of H-pyrrole nitrogens is 1. The van der Waals surface area contributed by atoms with Gasteiger partial charge < -0.3 is 10.3 Å². The number of amides is 1. The molecule has 1 aromatic carbocycles. The molecule has 0 fully saturated rings. The minimum atomic E-state index is -0.163. The van der Waals surface area contributed by atoms with Crippen molar-refractivity contribution < 1.29 is 4.79 Å². The number of carbonyl (C=O) groups is 1. The number of aryl methyl sites for hydroxylation is 4. The van der Waals surface area contributed by atoms with E-state index in [0.717, 1.165) is 11.3 Å². The van der Waals surface area contributed by atoms with Gasteiger partial charge in [0, 0.05) is 23.4 Å². The summed E-state index contributed by atoms with van der Waals surface area (Å²) in [7, 11) is 0. The molecule has 0 spiro atoms. The summed E-state index contributed by atoms with van der Waals surface area (Å²) in [6.45, 7) is 7.57. The van der Waals surface area contributed by atoms with Gasteiger partial charge in [0.2, 0.25) is 5.91 Å². The third-order valence-electron chi connectivity index (χ3n) is 3.73. The molecule has 22 heavy (non-hydrogen) atoms. The summed E-state index contributed by atoms with van der Waals surface area (Å²) >= 11 is 0. The fourth-order valence-corrected chi connectivity index (χ4v) is 2.33. The maximum atomic E-state index is 12.0. The maximum Gasteiger partial charge on any atom is 0.254 e. The van der Waals surface area contributed by atoms with Crippen LogP contribution in [0.15, 0.2) is 23.0 Å². The highest BCUT2D eigenvalue weighted by molar-refractivity contribution is 5.90. The molecule has 0 atom stereocenters. The van der Waals surface area contributed by atoms with Crippen LogP contribution in [0.3, 0.4) is 0 Å². The predicted molar refractivity (Wildman–Crippen MR) is 87.2 cm³/mol. The highest BCUT2D eigenvalue weighted by atomic mass is 16.1. The number of aromatic amines is 1. The van der Waals surface area contributed by atoms with Crippen LogP contribution >= 0.6 is 0 Å². The van der Waals surface area contributed by atoms with Crippen molar-refractivity contribution in [3.05, 3.63) is 56.8 Å². The zero-order valence-electron chi connectivity index (χ0n) is 13.4. The first-order chi connectivity index (χ1) is 10.4. The maximum absolute atomic E-state index is 12.0. The number of carbonyl (C=O) groups excluding carboxylic acids is 1. The normalized spacial score (nSPS) is 10.5. The second-order valence-corrected chi connectivity index (χ2v) is 5.56. The number of aromatic nitrogens is 2. The Hall–Kier alpha value is -2.43. The summed E-state index contributed by atoms with van der Waals surface area (Å²) in [5.41, 5.74) is 4.18. The van der Waals surface area contributed by atoms with Gasteiger partial charge in [-0.05, 0) is 57.4 Å². The van der Waals surface area contributed by atoms with Crippen molar-refractivity contribution in [2.24, 2.45) is 0 Å². The zero-order valence-corrected chi connectivity index (χ0v) is 13.4. The average molecular weight is 299 g/mol. The molecule has 2 rings (SSSR count). The van der Waals surface area contributed by atoms with Crippen molar-refractivity contribution in [3.63, 3.8) is 0 Å². The Bertz CT molecular complexity index is 763. The number of benzene rings is 1. The van der Waals surface area contributed by atoms with E-state index in [-0.39, 0.29) is 17.9 Å². The van der Waals surface area contributed by atoms with E-state index in [4.69, 9.17) is 0 Å². The zero-order chi connectivity index (χ0) is 16.3. The van der Waals surface area contributed by atoms with Crippen molar-refractivity contribution in [1.82, 2.24) is 9.97 Å². The molecule has 0 aliphatic rings. The van der Waals surface area contributed by atoms with Crippen molar-refractivity contribution >= 4 is 11.6 Å². The predicted octanol–water partition coefficient (Wildman–Crippen LogP) is 2.57. The van der Waals surface area contributed by atoms with E-state index in [1.54, 1.807) is 13.8 Å². The molecule has 5 nitrogen and oxygen atoms in total. The SMILES string of the molecule is Cc1nc(C)c(CCC(=O)Nc2ccc(C)c(C)c2)c(=O)[nH]1. The third kappa shape index (κ3) is 3.81. The lowest BCUT2D eigenvalue weighted by atomic mass is 10.1. The molecule has 0 saturated heterocycles. The van der Waals surface area contributed by atoms with Crippen molar-refractivity contribution in [1.29, 1.82) is 0 Å². The largest absolute Gasteiger partial charge is 0.326 e. The van der Waals surface area contributed by atoms with Crippen LogP contribution < -0.4 is 10.9 Å². The van der Waals surface area contributed by atoms with Gasteiger partial charge in [-0.15, -0.1) is 0 Å². The Labute approximate surface area is 129 Å². The van der Waals surface area contributed by atoms with E-state index in [2.05, 4.69) is 15.3 Å². The summed E-state index contributed by atoms with van der Waals surface area (Å²) < 4.78 is 0. The smallest absolute Gasteiger partial charge is 0.254 e. The Morgan fingerprint density at radius 1 is 1.18 bits per heavy atom. The lowest BCUT2D eigenvalue weighted by Gasteiger charge is -2.08. The molecule has 116 valence electrons. The summed E-state index contributed by atoms with van der Waals surface area (Å²) in [5.74, 6) is 0.480. The van der Waals surface area contributed by atoms with Gasteiger partial charge in [0.25, 0.3) is 5.56 Å². The Morgan fingerprint density at radius 3 is 2.55 bits per heavy atom. The molecule has 1 aromatic heterocycles. The summed E-state index contributed by atoms with van der Waals surface area (Å²) in [4.78, 5) is 30.8. The number of nitrogens with zero attached hydrogens (tertiary/aromatic N) is 1. The molecule has 5 heteroatoms. The minimum absolute atomic E-state index is 0.109. The molecule has 0 saturated carbocycles. The first kappa shape index (κ1) is 15.9. The minimum Gasteiger partial charge on any atom is -0.326 e. The van der Waals surface area contributed by atoms with Gasteiger partial charge in [0.15, 0.2) is 0 Å². The number of anilines is 1. The molecule has 1 heterocycles. The quantitative estimate of drug-likeness (QED) is 0.911. The average Bonchev–Trinajstić information content (AvgIpc) is 2.41. The van der Waals surface area contributed by atoms with Gasteiger partial charge >= 0.3 is 0 Å². The van der Waals surface area contributed by atoms with Crippen LogP contribution in [0, 0.1) is 27.7 Å². The molecule has 0 unspecified atom stereocenters. The van der Waals surface area contributed by atoms with Crippen LogP contribution in [0.1, 0.15) is 34.6 Å². The van der Waals surface area contributed by atoms with Gasteiger partial charge in [-0.1, -0.05) is 6.07 Å². The van der Waals surface area contributed by atoms with Gasteiger partial charge in [-0.25, -0.2) is 4.98 Å². The van der Waals surface area contributed by atoms with Crippen LogP contribution in [0.4, 0.5) is 5.69 Å². The molecule has 0 aliphatic heterocycles. The van der Waals surface area contributed by atoms with Gasteiger partial charge in [0.05, 0.1) is 0 Å². The van der Waals surface area contributed by atoms with Gasteiger partial charge in [-0.2, -0.15) is 0 Å². The molecule has 2 aromatic rings. The van der Waals surface area contributed by atoms with E-state index in [1.807, 2.05) is 32.0 Å². The summed E-state index contributed by atoms with van der Waals surface area (Å²) in [5, 5.41) is 2.86. The number of hydrogen-bond donors (Lipinski definition) is 2. The molecule has 1 amide bonds. The van der Waals surface area contributed by atoms with Gasteiger partial charge in [0.1, 0.15) is 5.82 Å². The molecule has 0 bridgehead atoms. The fraction of sp³-hybridized carbons (Fsp3) is 0.353. The van der Waals surface area contributed by atoms with Crippen LogP contribution in [-0.4, -0.2) is 15.9 Å². The number of hydrogen-bond acceptors (Lipinski definition) is 3.